The molecule has 0 spiro atoms. The van der Waals surface area contributed by atoms with Crippen molar-refractivity contribution >= 4 is 22.8 Å². The maximum absolute atomic E-state index is 13.5. The van der Waals surface area contributed by atoms with Gasteiger partial charge in [0.05, 0.1) is 22.2 Å². The van der Waals surface area contributed by atoms with E-state index >= 15 is 0 Å². The Balaban J connectivity index is 1.47. The number of alkyl halides is 6. The predicted octanol–water partition coefficient (Wildman–Crippen LogP) is 5.24. The quantitative estimate of drug-likeness (QED) is 0.501. The Hall–Kier alpha value is -3.44. The summed E-state index contributed by atoms with van der Waals surface area (Å²) in [6.07, 6.45) is -8.66. The normalized spacial score (nSPS) is 15.8. The number of fused-ring (bicyclic) bond motifs is 1. The van der Waals surface area contributed by atoms with E-state index in [0.29, 0.717) is 0 Å². The van der Waals surface area contributed by atoms with Crippen LogP contribution in [0.15, 0.2) is 47.3 Å². The Labute approximate surface area is 182 Å². The number of hydrogen-bond donors (Lipinski definition) is 2. The van der Waals surface area contributed by atoms with Gasteiger partial charge < -0.3 is 15.2 Å². The van der Waals surface area contributed by atoms with Crippen molar-refractivity contribution in [3.63, 3.8) is 0 Å². The van der Waals surface area contributed by atoms with Crippen LogP contribution in [-0.4, -0.2) is 33.6 Å². The summed E-state index contributed by atoms with van der Waals surface area (Å²) < 4.78 is 79.5. The first-order chi connectivity index (χ1) is 15.4. The van der Waals surface area contributed by atoms with Gasteiger partial charge in [-0.3, -0.25) is 4.57 Å². The first kappa shape index (κ1) is 22.7. The highest BCUT2D eigenvalue weighted by atomic mass is 19.4. The molecule has 0 radical (unpaired) electrons. The third-order valence-electron chi connectivity index (χ3n) is 5.62. The third-order valence-corrected chi connectivity index (χ3v) is 5.62. The van der Waals surface area contributed by atoms with E-state index in [9.17, 15) is 35.9 Å². The van der Waals surface area contributed by atoms with Crippen molar-refractivity contribution in [3.8, 4) is 0 Å². The fraction of sp³-hybridized carbons (Fsp3) is 0.333. The molecule has 2 N–H and O–H groups in total. The molecular weight excluding hydrogens is 454 g/mol. The Bertz CT molecular complexity index is 1220. The maximum atomic E-state index is 13.5. The van der Waals surface area contributed by atoms with Crippen molar-refractivity contribution in [2.24, 2.45) is 0 Å². The fourth-order valence-corrected chi connectivity index (χ4v) is 4.03. The Morgan fingerprint density at radius 3 is 2.15 bits per heavy atom. The molecule has 3 aromatic rings. The lowest BCUT2D eigenvalue weighted by Crippen LogP contribution is -2.42. The van der Waals surface area contributed by atoms with Crippen LogP contribution in [0.1, 0.15) is 30.0 Å². The fourth-order valence-electron chi connectivity index (χ4n) is 4.03. The third kappa shape index (κ3) is 4.55. The Morgan fingerprint density at radius 2 is 1.58 bits per heavy atom. The molecule has 1 fully saturated rings. The van der Waals surface area contributed by atoms with Crippen molar-refractivity contribution < 1.29 is 31.1 Å². The van der Waals surface area contributed by atoms with Crippen molar-refractivity contribution in [2.75, 3.05) is 18.4 Å². The highest BCUT2D eigenvalue weighted by molar-refractivity contribution is 5.89. The number of aromatic amines is 1. The number of aromatic nitrogens is 2. The van der Waals surface area contributed by atoms with Crippen LogP contribution in [0.25, 0.3) is 11.0 Å². The number of para-hydroxylation sites is 1. The number of carbonyl (C=O) groups is 1. The Morgan fingerprint density at radius 1 is 0.939 bits per heavy atom. The molecule has 2 aromatic carbocycles. The number of imidazole rings is 1. The summed E-state index contributed by atoms with van der Waals surface area (Å²) in [4.78, 5) is 28.8. The average Bonchev–Trinajstić information content (AvgIpc) is 3.08. The second-order valence-electron chi connectivity index (χ2n) is 7.72. The number of anilines is 1. The second kappa shape index (κ2) is 8.16. The van der Waals surface area contributed by atoms with Gasteiger partial charge in [0.2, 0.25) is 0 Å². The van der Waals surface area contributed by atoms with Crippen LogP contribution in [0, 0.1) is 0 Å². The number of benzene rings is 2. The molecular formula is C21H18F6N4O2. The van der Waals surface area contributed by atoms with Gasteiger partial charge in [-0.25, -0.2) is 9.59 Å². The van der Waals surface area contributed by atoms with Crippen LogP contribution in [0.3, 0.4) is 0 Å². The molecule has 0 atom stereocenters. The number of halogens is 6. The lowest BCUT2D eigenvalue weighted by molar-refractivity contribution is -0.138. The standard InChI is InChI=1S/C21H18F6N4O2/c22-20(23,24)12-4-6-13(7-5-12)28-18(32)30-10-8-14(9-11-30)31-17-15(21(25,26)27)2-1-3-16(17)29-19(31)33/h1-7,14H,8-11H2,(H,28,32)(H,29,33). The van der Waals surface area contributed by atoms with Crippen molar-refractivity contribution in [1.82, 2.24) is 14.5 Å². The summed E-state index contributed by atoms with van der Waals surface area (Å²) in [6.45, 7) is 0.314. The van der Waals surface area contributed by atoms with E-state index < -0.39 is 41.2 Å². The number of hydrogen-bond acceptors (Lipinski definition) is 2. The molecule has 0 bridgehead atoms. The van der Waals surface area contributed by atoms with E-state index in [1.54, 1.807) is 0 Å². The molecule has 0 unspecified atom stereocenters. The van der Waals surface area contributed by atoms with Crippen LogP contribution in [0.2, 0.25) is 0 Å². The van der Waals surface area contributed by atoms with Gasteiger partial charge in [-0.2, -0.15) is 26.3 Å². The molecule has 1 aliphatic rings. The van der Waals surface area contributed by atoms with Gasteiger partial charge in [-0.15, -0.1) is 0 Å². The van der Waals surface area contributed by atoms with E-state index in [4.69, 9.17) is 0 Å². The van der Waals surface area contributed by atoms with Gasteiger partial charge in [0.1, 0.15) is 0 Å². The molecule has 1 aromatic heterocycles. The Kier molecular flexibility index (Phi) is 5.62. The van der Waals surface area contributed by atoms with E-state index in [1.165, 1.54) is 17.0 Å². The van der Waals surface area contributed by atoms with Gasteiger partial charge in [0, 0.05) is 24.8 Å². The highest BCUT2D eigenvalue weighted by Crippen LogP contribution is 2.36. The molecule has 33 heavy (non-hydrogen) atoms. The first-order valence-electron chi connectivity index (χ1n) is 9.99. The molecule has 4 rings (SSSR count). The smallest absolute Gasteiger partial charge is 0.324 e. The zero-order valence-corrected chi connectivity index (χ0v) is 16.9. The summed E-state index contributed by atoms with van der Waals surface area (Å²) in [7, 11) is 0. The van der Waals surface area contributed by atoms with Crippen molar-refractivity contribution in [1.29, 1.82) is 0 Å². The van der Waals surface area contributed by atoms with Gasteiger partial charge in [-0.05, 0) is 49.2 Å². The lowest BCUT2D eigenvalue weighted by Gasteiger charge is -2.32. The van der Waals surface area contributed by atoms with Crippen LogP contribution < -0.4 is 11.0 Å². The largest absolute Gasteiger partial charge is 0.418 e. The molecule has 0 saturated carbocycles. The van der Waals surface area contributed by atoms with Crippen LogP contribution in [0.5, 0.6) is 0 Å². The minimum Gasteiger partial charge on any atom is -0.324 e. The number of likely N-dealkylation sites (tertiary alicyclic amines) is 1. The summed E-state index contributed by atoms with van der Waals surface area (Å²) in [5.74, 6) is 0. The number of piperidine rings is 1. The van der Waals surface area contributed by atoms with Gasteiger partial charge in [0.25, 0.3) is 0 Å². The SMILES string of the molecule is O=C(Nc1ccc(C(F)(F)F)cc1)N1CCC(n2c(=O)[nH]c3cccc(C(F)(F)F)c32)CC1. The minimum absolute atomic E-state index is 0.0808. The van der Waals surface area contributed by atoms with E-state index in [2.05, 4.69) is 10.3 Å². The predicted molar refractivity (Wildman–Crippen MR) is 108 cm³/mol. The molecule has 176 valence electrons. The van der Waals surface area contributed by atoms with Crippen molar-refractivity contribution in [2.45, 2.75) is 31.2 Å². The number of carbonyl (C=O) groups excluding carboxylic acids is 1. The zero-order valence-electron chi connectivity index (χ0n) is 16.9. The monoisotopic (exact) mass is 472 g/mol. The van der Waals surface area contributed by atoms with Crippen LogP contribution in [0.4, 0.5) is 36.8 Å². The number of H-pyrrole nitrogens is 1. The number of nitrogens with zero attached hydrogens (tertiary/aromatic N) is 2. The summed E-state index contributed by atoms with van der Waals surface area (Å²) in [6, 6.07) is 6.41. The molecule has 1 aliphatic heterocycles. The van der Waals surface area contributed by atoms with E-state index in [0.717, 1.165) is 34.9 Å². The van der Waals surface area contributed by atoms with Gasteiger partial charge >= 0.3 is 24.1 Å². The first-order valence-corrected chi connectivity index (χ1v) is 9.99. The number of urea groups is 1. The topological polar surface area (TPSA) is 70.1 Å². The lowest BCUT2D eigenvalue weighted by atomic mass is 10.0. The number of nitrogens with one attached hydrogen (secondary N) is 2. The number of rotatable bonds is 2. The number of amides is 2. The summed E-state index contributed by atoms with van der Waals surface area (Å²) >= 11 is 0. The van der Waals surface area contributed by atoms with Gasteiger partial charge in [-0.1, -0.05) is 6.07 Å². The second-order valence-corrected chi connectivity index (χ2v) is 7.72. The molecule has 2 amide bonds. The average molecular weight is 472 g/mol. The summed E-state index contributed by atoms with van der Waals surface area (Å²) in [5, 5.41) is 2.51. The molecule has 6 nitrogen and oxygen atoms in total. The minimum atomic E-state index is -4.64. The molecule has 12 heteroatoms. The molecule has 1 saturated heterocycles. The van der Waals surface area contributed by atoms with E-state index in [-0.39, 0.29) is 42.7 Å². The van der Waals surface area contributed by atoms with Gasteiger partial charge in [0.15, 0.2) is 0 Å². The van der Waals surface area contributed by atoms with Crippen LogP contribution in [-0.2, 0) is 12.4 Å². The highest BCUT2D eigenvalue weighted by Gasteiger charge is 2.36. The maximum Gasteiger partial charge on any atom is 0.418 e. The molecule has 0 aliphatic carbocycles. The van der Waals surface area contributed by atoms with Crippen molar-refractivity contribution in [3.05, 3.63) is 64.1 Å². The zero-order chi connectivity index (χ0) is 24.0. The van der Waals surface area contributed by atoms with Crippen LogP contribution >= 0.6 is 0 Å². The summed E-state index contributed by atoms with van der Waals surface area (Å²) in [5.41, 5.74) is -2.38. The van der Waals surface area contributed by atoms with E-state index in [1.807, 2.05) is 0 Å². The molecule has 2 heterocycles.